The van der Waals surface area contributed by atoms with Gasteiger partial charge in [0.25, 0.3) is 5.91 Å². The van der Waals surface area contributed by atoms with Gasteiger partial charge in [-0.3, -0.25) is 4.79 Å². The molecule has 0 aliphatic heterocycles. The Bertz CT molecular complexity index is 793. The molecule has 0 fully saturated rings. The monoisotopic (exact) mass is 358 g/mol. The number of nitrogens with zero attached hydrogens (tertiary/aromatic N) is 1. The van der Waals surface area contributed by atoms with Crippen LogP contribution in [0.25, 0.3) is 16.5 Å². The number of thiophene rings is 1. The molecule has 0 saturated carbocycles. The van der Waals surface area contributed by atoms with Crippen molar-refractivity contribution in [2.75, 3.05) is 19.8 Å². The van der Waals surface area contributed by atoms with Gasteiger partial charge in [-0.25, -0.2) is 4.39 Å². The summed E-state index contributed by atoms with van der Waals surface area (Å²) in [6, 6.07) is 12.0. The standard InChI is InChI=1S/C19H19FN2O2S/c1-2-24-11-5-10-22-19(23)14(13-21)12-15-8-9-18(25-15)16-6-3-4-7-17(16)20/h3-4,6-9,12H,2,5,10-11H2,1H3,(H,22,23)/b14-12+. The normalized spacial score (nSPS) is 11.2. The number of nitrogens with one attached hydrogen (secondary N) is 1. The lowest BCUT2D eigenvalue weighted by Crippen LogP contribution is -2.26. The Hall–Kier alpha value is -2.49. The van der Waals surface area contributed by atoms with Gasteiger partial charge in [0, 0.05) is 35.1 Å². The molecule has 4 nitrogen and oxygen atoms in total. The van der Waals surface area contributed by atoms with Gasteiger partial charge in [-0.1, -0.05) is 18.2 Å². The third kappa shape index (κ3) is 5.52. The highest BCUT2D eigenvalue weighted by Gasteiger charge is 2.11. The summed E-state index contributed by atoms with van der Waals surface area (Å²) in [6.07, 6.45) is 2.21. The number of ether oxygens (including phenoxy) is 1. The first kappa shape index (κ1) is 18.8. The zero-order valence-corrected chi connectivity index (χ0v) is 14.7. The van der Waals surface area contributed by atoms with Crippen molar-refractivity contribution < 1.29 is 13.9 Å². The smallest absolute Gasteiger partial charge is 0.261 e. The van der Waals surface area contributed by atoms with E-state index < -0.39 is 5.91 Å². The molecule has 1 heterocycles. The molecule has 0 spiro atoms. The van der Waals surface area contributed by atoms with Crippen LogP contribution in [0, 0.1) is 17.1 Å². The van der Waals surface area contributed by atoms with Gasteiger partial charge < -0.3 is 10.1 Å². The van der Waals surface area contributed by atoms with Crippen LogP contribution in [0.1, 0.15) is 18.2 Å². The van der Waals surface area contributed by atoms with Crippen LogP contribution >= 0.6 is 11.3 Å². The number of benzene rings is 1. The van der Waals surface area contributed by atoms with E-state index in [9.17, 15) is 14.4 Å². The van der Waals surface area contributed by atoms with E-state index in [1.165, 1.54) is 23.5 Å². The fraction of sp³-hybridized carbons (Fsp3) is 0.263. The van der Waals surface area contributed by atoms with Crippen LogP contribution in [0.5, 0.6) is 0 Å². The van der Waals surface area contributed by atoms with E-state index in [1.807, 2.05) is 13.0 Å². The van der Waals surface area contributed by atoms with Crippen molar-refractivity contribution in [1.29, 1.82) is 5.26 Å². The van der Waals surface area contributed by atoms with Crippen molar-refractivity contribution in [2.24, 2.45) is 0 Å². The third-order valence-electron chi connectivity index (χ3n) is 3.37. The highest BCUT2D eigenvalue weighted by Crippen LogP contribution is 2.31. The summed E-state index contributed by atoms with van der Waals surface area (Å²) in [4.78, 5) is 13.5. The molecule has 0 radical (unpaired) electrons. The lowest BCUT2D eigenvalue weighted by atomic mass is 10.2. The molecule has 25 heavy (non-hydrogen) atoms. The summed E-state index contributed by atoms with van der Waals surface area (Å²) in [5.41, 5.74) is 0.532. The van der Waals surface area contributed by atoms with Crippen LogP contribution in [-0.4, -0.2) is 25.7 Å². The molecular formula is C19H19FN2O2S. The van der Waals surface area contributed by atoms with E-state index >= 15 is 0 Å². The molecular weight excluding hydrogens is 339 g/mol. The van der Waals surface area contributed by atoms with Gasteiger partial charge in [0.05, 0.1) is 0 Å². The predicted octanol–water partition coefficient (Wildman–Crippen LogP) is 4.00. The predicted molar refractivity (Wildman–Crippen MR) is 97.4 cm³/mol. The zero-order valence-electron chi connectivity index (χ0n) is 13.9. The molecule has 0 unspecified atom stereocenters. The van der Waals surface area contributed by atoms with Crippen molar-refractivity contribution >= 4 is 23.3 Å². The molecule has 0 atom stereocenters. The molecule has 1 N–H and O–H groups in total. The number of hydrogen-bond donors (Lipinski definition) is 1. The summed E-state index contributed by atoms with van der Waals surface area (Å²) in [5.74, 6) is -0.715. The fourth-order valence-corrected chi connectivity index (χ4v) is 3.12. The highest BCUT2D eigenvalue weighted by atomic mass is 32.1. The van der Waals surface area contributed by atoms with Gasteiger partial charge in [0.15, 0.2) is 0 Å². The average Bonchev–Trinajstić information content (AvgIpc) is 3.08. The largest absolute Gasteiger partial charge is 0.382 e. The summed E-state index contributed by atoms with van der Waals surface area (Å²) >= 11 is 1.33. The van der Waals surface area contributed by atoms with Crippen LogP contribution in [0.2, 0.25) is 0 Å². The lowest BCUT2D eigenvalue weighted by Gasteiger charge is -2.04. The Morgan fingerprint density at radius 3 is 2.88 bits per heavy atom. The Morgan fingerprint density at radius 2 is 2.16 bits per heavy atom. The number of halogens is 1. The van der Waals surface area contributed by atoms with Crippen molar-refractivity contribution in [3.63, 3.8) is 0 Å². The van der Waals surface area contributed by atoms with Gasteiger partial charge in [-0.2, -0.15) is 5.26 Å². The molecule has 0 saturated heterocycles. The van der Waals surface area contributed by atoms with Crippen LogP contribution in [0.4, 0.5) is 4.39 Å². The Labute approximate surface area is 150 Å². The van der Waals surface area contributed by atoms with Crippen LogP contribution < -0.4 is 5.32 Å². The number of carbonyl (C=O) groups excluding carboxylic acids is 1. The molecule has 6 heteroatoms. The molecule has 2 aromatic rings. The Balaban J connectivity index is 2.04. The molecule has 130 valence electrons. The summed E-state index contributed by atoms with van der Waals surface area (Å²) in [7, 11) is 0. The third-order valence-corrected chi connectivity index (χ3v) is 4.44. The molecule has 1 amide bonds. The minimum atomic E-state index is -0.417. The Kier molecular flexibility index (Phi) is 7.33. The zero-order chi connectivity index (χ0) is 18.1. The maximum Gasteiger partial charge on any atom is 0.261 e. The number of hydrogen-bond acceptors (Lipinski definition) is 4. The summed E-state index contributed by atoms with van der Waals surface area (Å²) in [6.45, 7) is 3.56. The van der Waals surface area contributed by atoms with Crippen molar-refractivity contribution in [3.05, 3.63) is 52.7 Å². The van der Waals surface area contributed by atoms with E-state index in [0.717, 1.165) is 9.75 Å². The topological polar surface area (TPSA) is 62.1 Å². The molecule has 1 aromatic carbocycles. The van der Waals surface area contributed by atoms with Gasteiger partial charge in [-0.15, -0.1) is 11.3 Å². The molecule has 0 bridgehead atoms. The van der Waals surface area contributed by atoms with E-state index in [1.54, 1.807) is 30.3 Å². The molecule has 2 rings (SSSR count). The Morgan fingerprint density at radius 1 is 1.36 bits per heavy atom. The van der Waals surface area contributed by atoms with Gasteiger partial charge in [0.1, 0.15) is 17.5 Å². The van der Waals surface area contributed by atoms with Gasteiger partial charge in [0.2, 0.25) is 0 Å². The number of rotatable bonds is 8. The van der Waals surface area contributed by atoms with Gasteiger partial charge in [-0.05, 0) is 37.6 Å². The van der Waals surface area contributed by atoms with Crippen molar-refractivity contribution in [2.45, 2.75) is 13.3 Å². The lowest BCUT2D eigenvalue weighted by molar-refractivity contribution is -0.117. The first-order chi connectivity index (χ1) is 12.2. The SMILES string of the molecule is CCOCCCNC(=O)/C(C#N)=C/c1ccc(-c2ccccc2F)s1. The second-order valence-corrected chi connectivity index (χ2v) is 6.27. The fourth-order valence-electron chi connectivity index (χ4n) is 2.14. The minimum Gasteiger partial charge on any atom is -0.382 e. The van der Waals surface area contributed by atoms with E-state index in [2.05, 4.69) is 5.32 Å². The quantitative estimate of drug-likeness (QED) is 0.441. The first-order valence-corrected chi connectivity index (χ1v) is 8.79. The summed E-state index contributed by atoms with van der Waals surface area (Å²) in [5, 5.41) is 11.9. The minimum absolute atomic E-state index is 0.0262. The molecule has 1 aromatic heterocycles. The van der Waals surface area contributed by atoms with Crippen LogP contribution in [0.15, 0.2) is 42.0 Å². The van der Waals surface area contributed by atoms with Crippen molar-refractivity contribution in [3.8, 4) is 16.5 Å². The van der Waals surface area contributed by atoms with Gasteiger partial charge >= 0.3 is 0 Å². The maximum atomic E-state index is 13.8. The summed E-state index contributed by atoms with van der Waals surface area (Å²) < 4.78 is 19.0. The van der Waals surface area contributed by atoms with Crippen LogP contribution in [0.3, 0.4) is 0 Å². The van der Waals surface area contributed by atoms with Crippen LogP contribution in [-0.2, 0) is 9.53 Å². The maximum absolute atomic E-state index is 13.8. The highest BCUT2D eigenvalue weighted by molar-refractivity contribution is 7.16. The second kappa shape index (κ2) is 9.72. The van der Waals surface area contributed by atoms with E-state index in [-0.39, 0.29) is 11.4 Å². The number of amides is 1. The van der Waals surface area contributed by atoms with Crippen molar-refractivity contribution in [1.82, 2.24) is 5.32 Å². The van der Waals surface area contributed by atoms with E-state index in [0.29, 0.717) is 31.7 Å². The second-order valence-electron chi connectivity index (χ2n) is 5.16. The van der Waals surface area contributed by atoms with E-state index in [4.69, 9.17) is 4.74 Å². The number of carbonyl (C=O) groups is 1. The molecule has 0 aliphatic rings. The first-order valence-electron chi connectivity index (χ1n) is 7.98. The average molecular weight is 358 g/mol. The molecule has 0 aliphatic carbocycles. The number of nitriles is 1.